The van der Waals surface area contributed by atoms with Gasteiger partial charge in [0, 0.05) is 45.1 Å². The molecule has 2 aromatic heterocycles. The van der Waals surface area contributed by atoms with Gasteiger partial charge < -0.3 is 9.80 Å². The Morgan fingerprint density at radius 3 is 2.61 bits per heavy atom. The first-order valence-electron chi connectivity index (χ1n) is 8.00. The lowest BCUT2D eigenvalue weighted by atomic mass is 10.0. The lowest BCUT2D eigenvalue weighted by molar-refractivity contribution is 0.0706. The van der Waals surface area contributed by atoms with E-state index in [1.807, 2.05) is 49.3 Å². The van der Waals surface area contributed by atoms with Gasteiger partial charge in [0.15, 0.2) is 5.69 Å². The van der Waals surface area contributed by atoms with E-state index in [9.17, 15) is 4.79 Å². The van der Waals surface area contributed by atoms with Crippen LogP contribution < -0.4 is 4.90 Å². The van der Waals surface area contributed by atoms with Crippen molar-refractivity contribution in [3.63, 3.8) is 0 Å². The largest absolute Gasteiger partial charge is 0.357 e. The molecule has 0 bridgehead atoms. The molecule has 0 atom stereocenters. The highest BCUT2D eigenvalue weighted by atomic mass is 16.2. The number of pyridine rings is 1. The lowest BCUT2D eigenvalue weighted by Crippen LogP contribution is -2.46. The van der Waals surface area contributed by atoms with Crippen molar-refractivity contribution in [1.29, 1.82) is 0 Å². The van der Waals surface area contributed by atoms with Gasteiger partial charge in [0.05, 0.1) is 0 Å². The van der Waals surface area contributed by atoms with Crippen molar-refractivity contribution in [3.05, 3.63) is 41.9 Å². The van der Waals surface area contributed by atoms with Gasteiger partial charge in [0.25, 0.3) is 5.91 Å². The predicted molar refractivity (Wildman–Crippen MR) is 89.5 cm³/mol. The van der Waals surface area contributed by atoms with Gasteiger partial charge >= 0.3 is 0 Å². The van der Waals surface area contributed by atoms with Crippen molar-refractivity contribution >= 4 is 11.7 Å². The first-order valence-corrected chi connectivity index (χ1v) is 8.00. The van der Waals surface area contributed by atoms with E-state index in [0.29, 0.717) is 11.7 Å². The topological polar surface area (TPSA) is 54.3 Å². The van der Waals surface area contributed by atoms with E-state index < -0.39 is 0 Å². The lowest BCUT2D eigenvalue weighted by Gasteiger charge is -2.37. The first-order chi connectivity index (χ1) is 11.1. The van der Waals surface area contributed by atoms with Crippen LogP contribution in [0, 0.1) is 6.92 Å². The van der Waals surface area contributed by atoms with Gasteiger partial charge in [-0.3, -0.25) is 9.48 Å². The molecule has 0 radical (unpaired) electrons. The molecule has 0 aromatic carbocycles. The summed E-state index contributed by atoms with van der Waals surface area (Å²) in [5, 5.41) is 4.29. The average molecular weight is 313 g/mol. The minimum Gasteiger partial charge on any atom is -0.357 e. The second-order valence-corrected chi connectivity index (χ2v) is 6.12. The van der Waals surface area contributed by atoms with Crippen molar-refractivity contribution in [2.45, 2.75) is 25.8 Å². The molecule has 6 nitrogen and oxygen atoms in total. The quantitative estimate of drug-likeness (QED) is 0.868. The summed E-state index contributed by atoms with van der Waals surface area (Å²) in [6.07, 6.45) is 3.71. The number of carbonyl (C=O) groups excluding carboxylic acids is 1. The van der Waals surface area contributed by atoms with Gasteiger partial charge in [-0.15, -0.1) is 0 Å². The van der Waals surface area contributed by atoms with Gasteiger partial charge in [-0.05, 0) is 38.0 Å². The number of rotatable bonds is 3. The molecule has 3 rings (SSSR count). The molecule has 3 heterocycles. The molecule has 6 heteroatoms. The summed E-state index contributed by atoms with van der Waals surface area (Å²) in [6, 6.07) is 8.22. The second-order valence-electron chi connectivity index (χ2n) is 6.12. The summed E-state index contributed by atoms with van der Waals surface area (Å²) in [5.74, 6) is 1.02. The third kappa shape index (κ3) is 3.21. The fourth-order valence-electron chi connectivity index (χ4n) is 3.03. The third-order valence-electron chi connectivity index (χ3n) is 4.64. The molecule has 1 aliphatic heterocycles. The molecule has 0 aliphatic carbocycles. The molecule has 0 unspecified atom stereocenters. The Morgan fingerprint density at radius 2 is 2.04 bits per heavy atom. The zero-order valence-corrected chi connectivity index (χ0v) is 13.9. The summed E-state index contributed by atoms with van der Waals surface area (Å²) >= 11 is 0. The zero-order valence-electron chi connectivity index (χ0n) is 13.9. The minimum absolute atomic E-state index is 0.0349. The summed E-state index contributed by atoms with van der Waals surface area (Å²) < 4.78 is 1.74. The molecule has 1 saturated heterocycles. The molecule has 122 valence electrons. The Kier molecular flexibility index (Phi) is 4.32. The van der Waals surface area contributed by atoms with Gasteiger partial charge in [0.1, 0.15) is 5.82 Å². The van der Waals surface area contributed by atoms with Gasteiger partial charge in [0.2, 0.25) is 0 Å². The number of piperidine rings is 1. The number of aromatic nitrogens is 3. The number of likely N-dealkylation sites (tertiary alicyclic amines) is 1. The maximum atomic E-state index is 12.5. The number of nitrogens with zero attached hydrogens (tertiary/aromatic N) is 5. The van der Waals surface area contributed by atoms with Crippen molar-refractivity contribution < 1.29 is 4.79 Å². The minimum atomic E-state index is 0.0349. The molecule has 1 amide bonds. The molecule has 1 aliphatic rings. The number of hydrogen-bond acceptors (Lipinski definition) is 4. The Hall–Kier alpha value is -2.37. The second kappa shape index (κ2) is 6.40. The SMILES string of the molecule is Cc1cc(C(=O)N2CCC(N(C)c3ccccn3)CC2)nn1C. The fraction of sp³-hybridized carbons (Fsp3) is 0.471. The molecule has 0 N–H and O–H groups in total. The maximum Gasteiger partial charge on any atom is 0.274 e. The summed E-state index contributed by atoms with van der Waals surface area (Å²) in [5.41, 5.74) is 1.54. The van der Waals surface area contributed by atoms with E-state index in [1.54, 1.807) is 4.68 Å². The van der Waals surface area contributed by atoms with Crippen LogP contribution in [-0.2, 0) is 7.05 Å². The number of amides is 1. The van der Waals surface area contributed by atoms with Crippen LogP contribution in [0.25, 0.3) is 0 Å². The normalized spacial score (nSPS) is 15.7. The highest BCUT2D eigenvalue weighted by molar-refractivity contribution is 5.92. The van der Waals surface area contributed by atoms with Crippen LogP contribution in [0.4, 0.5) is 5.82 Å². The zero-order chi connectivity index (χ0) is 16.4. The molecule has 1 fully saturated rings. The first kappa shape index (κ1) is 15.5. The number of hydrogen-bond donors (Lipinski definition) is 0. The molecule has 0 saturated carbocycles. The summed E-state index contributed by atoms with van der Waals surface area (Å²) in [6.45, 7) is 3.48. The van der Waals surface area contributed by atoms with E-state index in [0.717, 1.165) is 37.4 Å². The van der Waals surface area contributed by atoms with Crippen LogP contribution in [-0.4, -0.2) is 51.8 Å². The molecule has 2 aromatic rings. The average Bonchev–Trinajstić information content (AvgIpc) is 2.93. The molecular formula is C17H23N5O. The van der Waals surface area contributed by atoms with E-state index in [4.69, 9.17) is 0 Å². The van der Waals surface area contributed by atoms with Gasteiger partial charge in [-0.2, -0.15) is 5.10 Å². The highest BCUT2D eigenvalue weighted by Crippen LogP contribution is 2.21. The van der Waals surface area contributed by atoms with Gasteiger partial charge in [-0.25, -0.2) is 4.98 Å². The van der Waals surface area contributed by atoms with Crippen LogP contribution in [0.15, 0.2) is 30.5 Å². The predicted octanol–water partition coefficient (Wildman–Crippen LogP) is 1.86. The van der Waals surface area contributed by atoms with Crippen molar-refractivity contribution in [1.82, 2.24) is 19.7 Å². The van der Waals surface area contributed by atoms with E-state index >= 15 is 0 Å². The molecular weight excluding hydrogens is 290 g/mol. The number of aryl methyl sites for hydroxylation is 2. The monoisotopic (exact) mass is 313 g/mol. The number of carbonyl (C=O) groups is 1. The maximum absolute atomic E-state index is 12.5. The van der Waals surface area contributed by atoms with Crippen molar-refractivity contribution in [2.24, 2.45) is 7.05 Å². The Balaban J connectivity index is 1.61. The van der Waals surface area contributed by atoms with Crippen molar-refractivity contribution in [2.75, 3.05) is 25.0 Å². The van der Waals surface area contributed by atoms with E-state index in [1.165, 1.54) is 0 Å². The smallest absolute Gasteiger partial charge is 0.274 e. The van der Waals surface area contributed by atoms with Crippen LogP contribution in [0.2, 0.25) is 0 Å². The summed E-state index contributed by atoms with van der Waals surface area (Å²) in [4.78, 5) is 21.1. The summed E-state index contributed by atoms with van der Waals surface area (Å²) in [7, 11) is 3.94. The highest BCUT2D eigenvalue weighted by Gasteiger charge is 2.27. The Labute approximate surface area is 136 Å². The van der Waals surface area contributed by atoms with E-state index in [-0.39, 0.29) is 5.91 Å². The van der Waals surface area contributed by atoms with Crippen LogP contribution in [0.1, 0.15) is 29.0 Å². The van der Waals surface area contributed by atoms with Crippen LogP contribution in [0.3, 0.4) is 0 Å². The third-order valence-corrected chi connectivity index (χ3v) is 4.64. The number of anilines is 1. The van der Waals surface area contributed by atoms with Gasteiger partial charge in [-0.1, -0.05) is 6.07 Å². The standard InChI is InChI=1S/C17H23N5O/c1-13-12-15(19-21(13)3)17(23)22-10-7-14(8-11-22)20(2)16-6-4-5-9-18-16/h4-6,9,12,14H,7-8,10-11H2,1-3H3. The van der Waals surface area contributed by atoms with E-state index in [2.05, 4.69) is 22.0 Å². The Bertz CT molecular complexity index is 654. The molecule has 0 spiro atoms. The van der Waals surface area contributed by atoms with Crippen molar-refractivity contribution in [3.8, 4) is 0 Å². The van der Waals surface area contributed by atoms with Crippen LogP contribution in [0.5, 0.6) is 0 Å². The molecule has 23 heavy (non-hydrogen) atoms. The van der Waals surface area contributed by atoms with Crippen LogP contribution >= 0.6 is 0 Å². The Morgan fingerprint density at radius 1 is 1.30 bits per heavy atom. The fourth-order valence-corrected chi connectivity index (χ4v) is 3.03.